The number of aliphatic hydroxyl groups is 1. The van der Waals surface area contributed by atoms with E-state index in [4.69, 9.17) is 5.73 Å². The first kappa shape index (κ1) is 12.0. The van der Waals surface area contributed by atoms with Crippen LogP contribution >= 0.6 is 0 Å². The molecule has 0 saturated heterocycles. The van der Waals surface area contributed by atoms with Crippen molar-refractivity contribution in [3.8, 4) is 0 Å². The minimum atomic E-state index is -0.826. The van der Waals surface area contributed by atoms with Crippen LogP contribution < -0.4 is 5.73 Å². The van der Waals surface area contributed by atoms with E-state index in [0.717, 1.165) is 0 Å². The van der Waals surface area contributed by atoms with Gasteiger partial charge in [0.15, 0.2) is 0 Å². The van der Waals surface area contributed by atoms with Crippen molar-refractivity contribution in [3.63, 3.8) is 0 Å². The van der Waals surface area contributed by atoms with E-state index in [0.29, 0.717) is 16.9 Å². The minimum Gasteiger partial charge on any atom is -0.384 e. The zero-order valence-electron chi connectivity index (χ0n) is 9.89. The number of aromatic nitrogens is 2. The van der Waals surface area contributed by atoms with Gasteiger partial charge in [-0.05, 0) is 32.0 Å². The van der Waals surface area contributed by atoms with Crippen molar-refractivity contribution in [1.29, 1.82) is 0 Å². The highest BCUT2D eigenvalue weighted by Crippen LogP contribution is 2.25. The number of hydrogen-bond acceptors (Lipinski definition) is 3. The lowest BCUT2D eigenvalue weighted by atomic mass is 10.2. The van der Waals surface area contributed by atoms with Crippen LogP contribution in [0.2, 0.25) is 0 Å². The van der Waals surface area contributed by atoms with Gasteiger partial charge in [-0.2, -0.15) is 0 Å². The van der Waals surface area contributed by atoms with Crippen LogP contribution in [0, 0.1) is 5.82 Å². The van der Waals surface area contributed by atoms with E-state index >= 15 is 0 Å². The quantitative estimate of drug-likeness (QED) is 0.854. The third-order valence-corrected chi connectivity index (χ3v) is 2.72. The maximum atomic E-state index is 13.2. The van der Waals surface area contributed by atoms with Crippen molar-refractivity contribution >= 4 is 11.0 Å². The molecule has 4 nitrogen and oxygen atoms in total. The van der Waals surface area contributed by atoms with Gasteiger partial charge in [0.2, 0.25) is 0 Å². The molecule has 0 aliphatic heterocycles. The molecule has 0 fully saturated rings. The van der Waals surface area contributed by atoms with Crippen LogP contribution in [0.4, 0.5) is 4.39 Å². The molecule has 0 saturated carbocycles. The largest absolute Gasteiger partial charge is 0.384 e. The highest BCUT2D eigenvalue weighted by molar-refractivity contribution is 5.76. The number of imidazole rings is 1. The average molecular weight is 237 g/mol. The summed E-state index contributed by atoms with van der Waals surface area (Å²) < 4.78 is 15.1. The Bertz CT molecular complexity index is 536. The van der Waals surface area contributed by atoms with E-state index in [9.17, 15) is 9.50 Å². The predicted molar refractivity (Wildman–Crippen MR) is 64.1 cm³/mol. The van der Waals surface area contributed by atoms with Gasteiger partial charge in [0.25, 0.3) is 0 Å². The summed E-state index contributed by atoms with van der Waals surface area (Å²) in [6.45, 7) is 4.01. The van der Waals surface area contributed by atoms with Gasteiger partial charge in [0.1, 0.15) is 17.7 Å². The number of benzene rings is 1. The third-order valence-electron chi connectivity index (χ3n) is 2.72. The summed E-state index contributed by atoms with van der Waals surface area (Å²) >= 11 is 0. The van der Waals surface area contributed by atoms with E-state index in [2.05, 4.69) is 4.98 Å². The Morgan fingerprint density at radius 3 is 2.76 bits per heavy atom. The molecular weight excluding hydrogens is 221 g/mol. The SMILES string of the molecule is CC(C)n1c(C(O)CN)nc2ccc(F)cc21. The first-order valence-electron chi connectivity index (χ1n) is 5.60. The molecule has 0 aliphatic rings. The Labute approximate surface area is 98.9 Å². The van der Waals surface area contributed by atoms with Gasteiger partial charge in [0, 0.05) is 12.6 Å². The number of rotatable bonds is 3. The van der Waals surface area contributed by atoms with Gasteiger partial charge in [-0.25, -0.2) is 9.37 Å². The number of hydrogen-bond donors (Lipinski definition) is 2. The van der Waals surface area contributed by atoms with E-state index in [1.54, 1.807) is 6.07 Å². The molecule has 1 aromatic heterocycles. The second-order valence-corrected chi connectivity index (χ2v) is 4.32. The van der Waals surface area contributed by atoms with Crippen molar-refractivity contribution in [2.24, 2.45) is 5.73 Å². The number of fused-ring (bicyclic) bond motifs is 1. The molecule has 1 aromatic carbocycles. The Kier molecular flexibility index (Phi) is 3.13. The van der Waals surface area contributed by atoms with Crippen LogP contribution in [0.15, 0.2) is 18.2 Å². The maximum absolute atomic E-state index is 13.2. The second-order valence-electron chi connectivity index (χ2n) is 4.32. The zero-order chi connectivity index (χ0) is 12.6. The normalized spacial score (nSPS) is 13.5. The summed E-state index contributed by atoms with van der Waals surface area (Å²) in [5.41, 5.74) is 6.80. The molecule has 0 aliphatic carbocycles. The van der Waals surface area contributed by atoms with E-state index < -0.39 is 6.10 Å². The summed E-state index contributed by atoms with van der Waals surface area (Å²) in [6.07, 6.45) is -0.826. The topological polar surface area (TPSA) is 64.1 Å². The van der Waals surface area contributed by atoms with Crippen molar-refractivity contribution < 1.29 is 9.50 Å². The molecule has 3 N–H and O–H groups in total. The summed E-state index contributed by atoms with van der Waals surface area (Å²) in [6, 6.07) is 4.47. The van der Waals surface area contributed by atoms with Crippen LogP contribution in [0.5, 0.6) is 0 Å². The molecule has 0 radical (unpaired) electrons. The molecule has 1 heterocycles. The highest BCUT2D eigenvalue weighted by Gasteiger charge is 2.18. The van der Waals surface area contributed by atoms with Gasteiger partial charge < -0.3 is 15.4 Å². The Morgan fingerprint density at radius 1 is 1.47 bits per heavy atom. The lowest BCUT2D eigenvalue weighted by Gasteiger charge is -2.15. The van der Waals surface area contributed by atoms with Gasteiger partial charge in [-0.1, -0.05) is 0 Å². The molecule has 2 rings (SSSR count). The summed E-state index contributed by atoms with van der Waals surface area (Å²) in [5.74, 6) is 0.177. The van der Waals surface area contributed by atoms with Crippen LogP contribution in [0.25, 0.3) is 11.0 Å². The van der Waals surface area contributed by atoms with E-state index in [1.165, 1.54) is 12.1 Å². The molecule has 5 heteroatoms. The van der Waals surface area contributed by atoms with Gasteiger partial charge in [-0.3, -0.25) is 0 Å². The Balaban J connectivity index is 2.71. The van der Waals surface area contributed by atoms with Gasteiger partial charge in [-0.15, -0.1) is 0 Å². The molecule has 0 bridgehead atoms. The lowest BCUT2D eigenvalue weighted by Crippen LogP contribution is -2.18. The number of aliphatic hydroxyl groups excluding tert-OH is 1. The van der Waals surface area contributed by atoms with Crippen molar-refractivity contribution in [2.75, 3.05) is 6.54 Å². The fraction of sp³-hybridized carbons (Fsp3) is 0.417. The molecule has 1 unspecified atom stereocenters. The number of nitrogens with zero attached hydrogens (tertiary/aromatic N) is 2. The first-order chi connectivity index (χ1) is 8.04. The van der Waals surface area contributed by atoms with Crippen molar-refractivity contribution in [2.45, 2.75) is 26.0 Å². The van der Waals surface area contributed by atoms with Gasteiger partial charge in [0.05, 0.1) is 11.0 Å². The van der Waals surface area contributed by atoms with Crippen LogP contribution in [0.1, 0.15) is 31.8 Å². The Hall–Kier alpha value is -1.46. The average Bonchev–Trinajstić information content (AvgIpc) is 2.66. The summed E-state index contributed by atoms with van der Waals surface area (Å²) in [5, 5.41) is 9.83. The molecule has 0 amide bonds. The van der Waals surface area contributed by atoms with E-state index in [1.807, 2.05) is 18.4 Å². The predicted octanol–water partition coefficient (Wildman–Crippen LogP) is 1.75. The molecule has 92 valence electrons. The first-order valence-corrected chi connectivity index (χ1v) is 5.60. The minimum absolute atomic E-state index is 0.0815. The van der Waals surface area contributed by atoms with Gasteiger partial charge >= 0.3 is 0 Å². The standard InChI is InChI=1S/C12H16FN3O/c1-7(2)16-10-5-8(13)3-4-9(10)15-12(16)11(17)6-14/h3-5,7,11,17H,6,14H2,1-2H3. The van der Waals surface area contributed by atoms with Crippen molar-refractivity contribution in [3.05, 3.63) is 29.8 Å². The number of nitrogens with two attached hydrogens (primary N) is 1. The molecule has 0 spiro atoms. The molecule has 1 atom stereocenters. The molecule has 2 aromatic rings. The van der Waals surface area contributed by atoms with Crippen molar-refractivity contribution in [1.82, 2.24) is 9.55 Å². The summed E-state index contributed by atoms with van der Waals surface area (Å²) in [7, 11) is 0. The maximum Gasteiger partial charge on any atom is 0.140 e. The van der Waals surface area contributed by atoms with Crippen LogP contribution in [0.3, 0.4) is 0 Å². The van der Waals surface area contributed by atoms with E-state index in [-0.39, 0.29) is 18.4 Å². The second kappa shape index (κ2) is 4.43. The van der Waals surface area contributed by atoms with Crippen LogP contribution in [-0.2, 0) is 0 Å². The van der Waals surface area contributed by atoms with Crippen LogP contribution in [-0.4, -0.2) is 21.2 Å². The zero-order valence-corrected chi connectivity index (χ0v) is 9.89. The molecular formula is C12H16FN3O. The smallest absolute Gasteiger partial charge is 0.140 e. The monoisotopic (exact) mass is 237 g/mol. The Morgan fingerprint density at radius 2 is 2.18 bits per heavy atom. The summed E-state index contributed by atoms with van der Waals surface area (Å²) in [4.78, 5) is 4.31. The highest BCUT2D eigenvalue weighted by atomic mass is 19.1. The number of halogens is 1. The molecule has 17 heavy (non-hydrogen) atoms. The lowest BCUT2D eigenvalue weighted by molar-refractivity contribution is 0.170. The fourth-order valence-electron chi connectivity index (χ4n) is 1.97. The fourth-order valence-corrected chi connectivity index (χ4v) is 1.97. The third kappa shape index (κ3) is 2.03.